The molecule has 102 valence electrons. The van der Waals surface area contributed by atoms with Crippen molar-refractivity contribution in [1.29, 1.82) is 0 Å². The molecule has 2 aromatic rings. The minimum atomic E-state index is 0.252. The maximum absolute atomic E-state index is 8.73. The highest BCUT2D eigenvalue weighted by molar-refractivity contribution is 5.60. The highest BCUT2D eigenvalue weighted by atomic mass is 16.2. The smallest absolute Gasteiger partial charge is 0.117 e. The number of hydrogen-bond donors (Lipinski definition) is 2. The molecule has 0 amide bonds. The number of rotatable bonds is 7. The molecule has 0 fully saturated rings. The predicted molar refractivity (Wildman–Crippen MR) is 74.5 cm³/mol. The fraction of sp³-hybridized carbons (Fsp3) is 0.429. The Hall–Kier alpha value is -1.72. The fourth-order valence-electron chi connectivity index (χ4n) is 1.95. The van der Waals surface area contributed by atoms with Crippen molar-refractivity contribution >= 4 is 0 Å². The second kappa shape index (κ2) is 7.01. The first-order valence-electron chi connectivity index (χ1n) is 6.58. The van der Waals surface area contributed by atoms with Gasteiger partial charge in [-0.3, -0.25) is 0 Å². The summed E-state index contributed by atoms with van der Waals surface area (Å²) in [5.74, 6) is 0. The molecule has 0 radical (unpaired) electrons. The first-order valence-corrected chi connectivity index (χ1v) is 6.58. The van der Waals surface area contributed by atoms with Crippen LogP contribution in [0.2, 0.25) is 0 Å². The lowest BCUT2D eigenvalue weighted by molar-refractivity contribution is 0.283. The second-order valence-corrected chi connectivity index (χ2v) is 4.46. The normalized spacial score (nSPS) is 10.8. The van der Waals surface area contributed by atoms with Gasteiger partial charge in [0.2, 0.25) is 0 Å². The third-order valence-electron chi connectivity index (χ3n) is 2.88. The number of aryl methyl sites for hydroxylation is 1. The van der Waals surface area contributed by atoms with E-state index >= 15 is 0 Å². The summed E-state index contributed by atoms with van der Waals surface area (Å²) >= 11 is 0. The van der Waals surface area contributed by atoms with Crippen LogP contribution in [0, 0.1) is 0 Å². The van der Waals surface area contributed by atoms with Crippen LogP contribution in [0.25, 0.3) is 11.3 Å². The first-order chi connectivity index (χ1) is 9.31. The number of nitrogens with zero attached hydrogens (tertiary/aromatic N) is 3. The van der Waals surface area contributed by atoms with Crippen LogP contribution in [0.5, 0.6) is 0 Å². The molecule has 0 unspecified atom stereocenters. The number of nitrogens with one attached hydrogen (secondary N) is 1. The summed E-state index contributed by atoms with van der Waals surface area (Å²) in [6.07, 6.45) is 1.80. The molecule has 0 saturated carbocycles. The lowest BCUT2D eigenvalue weighted by Crippen LogP contribution is -2.16. The van der Waals surface area contributed by atoms with Gasteiger partial charge >= 0.3 is 0 Å². The topological polar surface area (TPSA) is 63.0 Å². The minimum Gasteiger partial charge on any atom is -0.396 e. The molecule has 0 saturated heterocycles. The molecule has 2 N–H and O–H groups in total. The lowest BCUT2D eigenvalue weighted by Gasteiger charge is -2.03. The zero-order valence-electron chi connectivity index (χ0n) is 11.2. The van der Waals surface area contributed by atoms with Crippen molar-refractivity contribution in [1.82, 2.24) is 20.3 Å². The van der Waals surface area contributed by atoms with Crippen LogP contribution < -0.4 is 5.32 Å². The molecule has 0 atom stereocenters. The average Bonchev–Trinajstić information content (AvgIpc) is 2.81. The largest absolute Gasteiger partial charge is 0.396 e. The Morgan fingerprint density at radius 2 is 1.95 bits per heavy atom. The van der Waals surface area contributed by atoms with Crippen molar-refractivity contribution in [3.05, 3.63) is 36.0 Å². The van der Waals surface area contributed by atoms with Gasteiger partial charge in [0.25, 0.3) is 0 Å². The molecule has 1 aromatic heterocycles. The number of aliphatic hydroxyl groups is 1. The maximum atomic E-state index is 8.73. The zero-order valence-corrected chi connectivity index (χ0v) is 11.2. The molecule has 2 rings (SSSR count). The summed E-state index contributed by atoms with van der Waals surface area (Å²) in [5, 5.41) is 20.9. The summed E-state index contributed by atoms with van der Waals surface area (Å²) in [4.78, 5) is 1.60. The molecule has 19 heavy (non-hydrogen) atoms. The molecule has 1 aromatic carbocycles. The van der Waals surface area contributed by atoms with Crippen molar-refractivity contribution in [2.24, 2.45) is 7.05 Å². The van der Waals surface area contributed by atoms with Gasteiger partial charge in [0, 0.05) is 25.8 Å². The van der Waals surface area contributed by atoms with E-state index in [2.05, 4.69) is 15.5 Å². The van der Waals surface area contributed by atoms with Gasteiger partial charge in [-0.2, -0.15) is 15.0 Å². The van der Waals surface area contributed by atoms with Crippen LogP contribution in [-0.4, -0.2) is 33.3 Å². The number of aliphatic hydroxyl groups excluding tert-OH is 1. The van der Waals surface area contributed by atoms with Gasteiger partial charge in [-0.25, -0.2) is 0 Å². The van der Waals surface area contributed by atoms with E-state index in [1.165, 1.54) is 0 Å². The Labute approximate surface area is 113 Å². The van der Waals surface area contributed by atoms with Crippen molar-refractivity contribution in [2.75, 3.05) is 13.2 Å². The van der Waals surface area contributed by atoms with Gasteiger partial charge in [-0.1, -0.05) is 30.3 Å². The van der Waals surface area contributed by atoms with Crippen LogP contribution in [0.15, 0.2) is 30.3 Å². The van der Waals surface area contributed by atoms with Gasteiger partial charge in [0.15, 0.2) is 0 Å². The van der Waals surface area contributed by atoms with E-state index in [0.29, 0.717) is 6.54 Å². The molecule has 0 aliphatic carbocycles. The van der Waals surface area contributed by atoms with E-state index in [1.807, 2.05) is 37.4 Å². The fourth-order valence-corrected chi connectivity index (χ4v) is 1.95. The molecule has 1 heterocycles. The Bertz CT molecular complexity index is 495. The Morgan fingerprint density at radius 3 is 2.68 bits per heavy atom. The third-order valence-corrected chi connectivity index (χ3v) is 2.88. The number of hydrogen-bond acceptors (Lipinski definition) is 4. The van der Waals surface area contributed by atoms with Gasteiger partial charge in [-0.15, -0.1) is 0 Å². The van der Waals surface area contributed by atoms with Crippen LogP contribution in [0.1, 0.15) is 18.5 Å². The molecule has 5 nitrogen and oxygen atoms in total. The second-order valence-electron chi connectivity index (χ2n) is 4.46. The molecule has 5 heteroatoms. The minimum absolute atomic E-state index is 0.252. The quantitative estimate of drug-likeness (QED) is 0.738. The van der Waals surface area contributed by atoms with Crippen molar-refractivity contribution < 1.29 is 5.11 Å². The summed E-state index contributed by atoms with van der Waals surface area (Å²) < 4.78 is 0. The van der Waals surface area contributed by atoms with Crippen molar-refractivity contribution in [3.8, 4) is 11.3 Å². The summed E-state index contributed by atoms with van der Waals surface area (Å²) in [6, 6.07) is 10.1. The van der Waals surface area contributed by atoms with Crippen LogP contribution in [-0.2, 0) is 13.6 Å². The summed E-state index contributed by atoms with van der Waals surface area (Å²) in [6.45, 7) is 1.83. The first kappa shape index (κ1) is 13.7. The van der Waals surface area contributed by atoms with E-state index in [4.69, 9.17) is 5.11 Å². The van der Waals surface area contributed by atoms with E-state index < -0.39 is 0 Å². The van der Waals surface area contributed by atoms with E-state index in [9.17, 15) is 0 Å². The van der Waals surface area contributed by atoms with E-state index in [-0.39, 0.29) is 6.61 Å². The standard InChI is InChI=1S/C14H20N4O/c1-18-16-13(11-15-9-5-6-10-19)14(17-18)12-7-3-2-4-8-12/h2-4,7-8,15,19H,5-6,9-11H2,1H3. The molecular weight excluding hydrogens is 240 g/mol. The van der Waals surface area contributed by atoms with Gasteiger partial charge in [0.1, 0.15) is 11.4 Å². The van der Waals surface area contributed by atoms with Gasteiger partial charge in [-0.05, 0) is 19.4 Å². The lowest BCUT2D eigenvalue weighted by atomic mass is 10.1. The zero-order chi connectivity index (χ0) is 13.5. The molecular formula is C14H20N4O. The predicted octanol–water partition coefficient (Wildman–Crippen LogP) is 1.34. The van der Waals surface area contributed by atoms with Crippen LogP contribution >= 0.6 is 0 Å². The highest BCUT2D eigenvalue weighted by Crippen LogP contribution is 2.19. The monoisotopic (exact) mass is 260 g/mol. The van der Waals surface area contributed by atoms with E-state index in [0.717, 1.165) is 36.3 Å². The summed E-state index contributed by atoms with van der Waals surface area (Å²) in [7, 11) is 1.84. The number of benzene rings is 1. The Morgan fingerprint density at radius 1 is 1.16 bits per heavy atom. The molecule has 0 aliphatic heterocycles. The molecule has 0 spiro atoms. The van der Waals surface area contributed by atoms with Gasteiger partial charge < -0.3 is 10.4 Å². The third kappa shape index (κ3) is 3.87. The highest BCUT2D eigenvalue weighted by Gasteiger charge is 2.10. The van der Waals surface area contributed by atoms with Crippen LogP contribution in [0.3, 0.4) is 0 Å². The summed E-state index contributed by atoms with van der Waals surface area (Å²) in [5.41, 5.74) is 2.97. The molecule has 0 bridgehead atoms. The van der Waals surface area contributed by atoms with Gasteiger partial charge in [0.05, 0.1) is 0 Å². The SMILES string of the molecule is Cn1nc(CNCCCCO)c(-c2ccccc2)n1. The van der Waals surface area contributed by atoms with Crippen molar-refractivity contribution in [2.45, 2.75) is 19.4 Å². The van der Waals surface area contributed by atoms with Crippen LogP contribution in [0.4, 0.5) is 0 Å². The Balaban J connectivity index is 2.01. The number of aromatic nitrogens is 3. The average molecular weight is 260 g/mol. The van der Waals surface area contributed by atoms with Crippen molar-refractivity contribution in [3.63, 3.8) is 0 Å². The van der Waals surface area contributed by atoms with E-state index in [1.54, 1.807) is 4.80 Å². The molecule has 0 aliphatic rings. The maximum Gasteiger partial charge on any atom is 0.117 e. The number of unbranched alkanes of at least 4 members (excludes halogenated alkanes) is 1. The Kier molecular flexibility index (Phi) is 5.06.